The van der Waals surface area contributed by atoms with Gasteiger partial charge in [0, 0.05) is 31.6 Å². The third-order valence-electron chi connectivity index (χ3n) is 7.22. The molecular formula is C20H31N4O3P. The molecule has 2 aliphatic carbocycles. The maximum Gasteiger partial charge on any atom is 0.185 e. The Morgan fingerprint density at radius 2 is 1.82 bits per heavy atom. The summed E-state index contributed by atoms with van der Waals surface area (Å²) in [5.41, 5.74) is 1.33. The van der Waals surface area contributed by atoms with Crippen molar-refractivity contribution >= 4 is 19.8 Å². The van der Waals surface area contributed by atoms with Crippen LogP contribution in [0.5, 0.6) is 0 Å². The first kappa shape index (κ1) is 20.1. The van der Waals surface area contributed by atoms with Gasteiger partial charge in [0.15, 0.2) is 8.38 Å². The van der Waals surface area contributed by atoms with Crippen molar-refractivity contribution in [1.29, 1.82) is 0 Å². The number of Topliss-reactive ketones (excluding diaryl/α,β-unsaturated/α-hetero) is 1. The summed E-state index contributed by atoms with van der Waals surface area (Å²) in [6.07, 6.45) is 10.2. The van der Waals surface area contributed by atoms with E-state index in [2.05, 4.69) is 19.8 Å². The quantitative estimate of drug-likeness (QED) is 0.743. The number of carbonyl (C=O) groups is 1. The average molecular weight is 406 g/mol. The summed E-state index contributed by atoms with van der Waals surface area (Å²) in [5.74, 6) is 1.11. The molecule has 3 aliphatic rings. The van der Waals surface area contributed by atoms with Crippen LogP contribution in [0.25, 0.3) is 0 Å². The molecule has 1 saturated heterocycles. The smallest absolute Gasteiger partial charge is 0.185 e. The van der Waals surface area contributed by atoms with Crippen LogP contribution in [0, 0.1) is 18.3 Å². The van der Waals surface area contributed by atoms with Crippen LogP contribution in [0.2, 0.25) is 0 Å². The molecule has 1 unspecified atom stereocenters. The van der Waals surface area contributed by atoms with E-state index in [4.69, 9.17) is 0 Å². The van der Waals surface area contributed by atoms with Gasteiger partial charge in [0.2, 0.25) is 0 Å². The van der Waals surface area contributed by atoms with Gasteiger partial charge < -0.3 is 14.7 Å². The summed E-state index contributed by atoms with van der Waals surface area (Å²) in [5, 5.41) is 0. The molecule has 1 aliphatic heterocycles. The molecule has 2 N–H and O–H groups in total. The summed E-state index contributed by atoms with van der Waals surface area (Å²) in [7, 11) is -2.03. The molecule has 1 aromatic rings. The van der Waals surface area contributed by atoms with E-state index in [0.717, 1.165) is 63.1 Å². The fourth-order valence-corrected chi connectivity index (χ4v) is 6.33. The number of nitrogens with zero attached hydrogens (tertiary/aromatic N) is 4. The van der Waals surface area contributed by atoms with Crippen molar-refractivity contribution in [2.45, 2.75) is 64.2 Å². The highest BCUT2D eigenvalue weighted by molar-refractivity contribution is 7.45. The number of anilines is 1. The largest absolute Gasteiger partial charge is 0.366 e. The van der Waals surface area contributed by atoms with Crippen LogP contribution in [-0.2, 0) is 4.79 Å². The Balaban J connectivity index is 1.37. The van der Waals surface area contributed by atoms with Gasteiger partial charge in [-0.2, -0.15) is 0 Å². The molecule has 0 amide bonds. The molecule has 0 radical (unpaired) electrons. The molecule has 8 heteroatoms. The number of rotatable bonds is 4. The van der Waals surface area contributed by atoms with Crippen molar-refractivity contribution in [3.8, 4) is 0 Å². The first-order valence-electron chi connectivity index (χ1n) is 10.3. The molecule has 0 bridgehead atoms. The van der Waals surface area contributed by atoms with Gasteiger partial charge >= 0.3 is 0 Å². The van der Waals surface area contributed by atoms with Crippen molar-refractivity contribution in [3.05, 3.63) is 18.2 Å². The topological polar surface area (TPSA) is 89.8 Å². The summed E-state index contributed by atoms with van der Waals surface area (Å²) in [4.78, 5) is 44.9. The molecule has 28 heavy (non-hydrogen) atoms. The molecule has 1 atom stereocenters. The number of carbonyl (C=O) groups excluding carboxylic acids is 1. The Hall–Kier alpha value is -1.14. The first-order chi connectivity index (χ1) is 13.4. The van der Waals surface area contributed by atoms with Crippen molar-refractivity contribution in [2.24, 2.45) is 11.3 Å². The van der Waals surface area contributed by atoms with Crippen LogP contribution in [-0.4, -0.2) is 61.9 Å². The Labute approximate surface area is 168 Å². The number of hydrogen-bond donors (Lipinski definition) is 2. The highest BCUT2D eigenvalue weighted by Gasteiger charge is 2.51. The lowest BCUT2D eigenvalue weighted by molar-refractivity contribution is -0.124. The second-order valence-electron chi connectivity index (χ2n) is 8.92. The van der Waals surface area contributed by atoms with Crippen LogP contribution in [0.3, 0.4) is 0 Å². The van der Waals surface area contributed by atoms with Crippen LogP contribution in [0.4, 0.5) is 5.69 Å². The first-order valence-corrected chi connectivity index (χ1v) is 11.7. The van der Waals surface area contributed by atoms with E-state index < -0.39 is 8.38 Å². The SMILES string of the molecule is CC(=O)C1CCC2(CC1)CC(N1CCN(c3cnc(C)nc3)CC1P(O)O)C2. The van der Waals surface area contributed by atoms with Gasteiger partial charge in [0.05, 0.1) is 23.9 Å². The number of aryl methyl sites for hydroxylation is 1. The van der Waals surface area contributed by atoms with Crippen LogP contribution < -0.4 is 4.90 Å². The zero-order valence-electron chi connectivity index (χ0n) is 16.8. The molecule has 3 fully saturated rings. The predicted molar refractivity (Wildman–Crippen MR) is 109 cm³/mol. The highest BCUT2D eigenvalue weighted by atomic mass is 31.2. The van der Waals surface area contributed by atoms with Crippen molar-refractivity contribution < 1.29 is 14.6 Å². The predicted octanol–water partition coefficient (Wildman–Crippen LogP) is 2.46. The van der Waals surface area contributed by atoms with Gasteiger partial charge in [0.25, 0.3) is 0 Å². The zero-order valence-corrected chi connectivity index (χ0v) is 17.7. The van der Waals surface area contributed by atoms with E-state index in [1.54, 1.807) is 6.92 Å². The molecule has 7 nitrogen and oxygen atoms in total. The summed E-state index contributed by atoms with van der Waals surface area (Å²) < 4.78 is 0. The minimum absolute atomic E-state index is 0.235. The molecule has 4 rings (SSSR count). The van der Waals surface area contributed by atoms with E-state index in [1.165, 1.54) is 0 Å². The minimum Gasteiger partial charge on any atom is -0.366 e. The Morgan fingerprint density at radius 3 is 2.39 bits per heavy atom. The minimum atomic E-state index is -2.03. The molecule has 1 spiro atoms. The highest BCUT2D eigenvalue weighted by Crippen LogP contribution is 2.56. The van der Waals surface area contributed by atoms with E-state index in [-0.39, 0.29) is 11.7 Å². The van der Waals surface area contributed by atoms with Crippen LogP contribution in [0.1, 0.15) is 51.3 Å². The number of ketones is 1. The van der Waals surface area contributed by atoms with Crippen LogP contribution >= 0.6 is 8.38 Å². The molecule has 0 aromatic carbocycles. The van der Waals surface area contributed by atoms with Gasteiger partial charge in [-0.3, -0.25) is 9.69 Å². The van der Waals surface area contributed by atoms with E-state index in [9.17, 15) is 14.6 Å². The fourth-order valence-electron chi connectivity index (χ4n) is 5.41. The Morgan fingerprint density at radius 1 is 1.18 bits per heavy atom. The maximum atomic E-state index is 11.6. The van der Waals surface area contributed by atoms with Crippen molar-refractivity contribution in [2.75, 3.05) is 24.5 Å². The van der Waals surface area contributed by atoms with E-state index in [0.29, 0.717) is 23.8 Å². The van der Waals surface area contributed by atoms with Gasteiger partial charge in [-0.05, 0) is 57.8 Å². The lowest BCUT2D eigenvalue weighted by Crippen LogP contribution is -2.61. The van der Waals surface area contributed by atoms with E-state index >= 15 is 0 Å². The zero-order chi connectivity index (χ0) is 19.9. The third kappa shape index (κ3) is 3.95. The second kappa shape index (κ2) is 7.94. The molecule has 154 valence electrons. The molecular weight excluding hydrogens is 375 g/mol. The average Bonchev–Trinajstić information content (AvgIpc) is 2.66. The lowest BCUT2D eigenvalue weighted by Gasteiger charge is -2.57. The fraction of sp³-hybridized carbons (Fsp3) is 0.750. The summed E-state index contributed by atoms with van der Waals surface area (Å²) in [6.45, 7) is 5.86. The third-order valence-corrected chi connectivity index (χ3v) is 8.21. The van der Waals surface area contributed by atoms with Gasteiger partial charge in [0.1, 0.15) is 11.6 Å². The van der Waals surface area contributed by atoms with Gasteiger partial charge in [-0.25, -0.2) is 9.97 Å². The second-order valence-corrected chi connectivity index (χ2v) is 10.2. The summed E-state index contributed by atoms with van der Waals surface area (Å²) in [6, 6.07) is 0.430. The molecule has 2 saturated carbocycles. The van der Waals surface area contributed by atoms with Crippen molar-refractivity contribution in [1.82, 2.24) is 14.9 Å². The number of piperazine rings is 1. The van der Waals surface area contributed by atoms with E-state index in [1.807, 2.05) is 19.3 Å². The van der Waals surface area contributed by atoms with Crippen molar-refractivity contribution in [3.63, 3.8) is 0 Å². The number of hydrogen-bond acceptors (Lipinski definition) is 7. The maximum absolute atomic E-state index is 11.6. The Bertz CT molecular complexity index is 698. The summed E-state index contributed by atoms with van der Waals surface area (Å²) >= 11 is 0. The lowest BCUT2D eigenvalue weighted by atomic mass is 9.56. The Kier molecular flexibility index (Phi) is 5.71. The standard InChI is InChI=1S/C20H31N4O3P/c1-14(25)16-3-5-20(6-4-16)9-17(10-20)24-8-7-23(13-19(24)28(26)27)18-11-21-15(2)22-12-18/h11-12,16-17,19,26-27H,3-10,13H2,1-2H3. The molecule has 1 aromatic heterocycles. The van der Waals surface area contributed by atoms with Crippen LogP contribution in [0.15, 0.2) is 12.4 Å². The molecule has 2 heterocycles. The van der Waals surface area contributed by atoms with Gasteiger partial charge in [-0.1, -0.05) is 0 Å². The van der Waals surface area contributed by atoms with Gasteiger partial charge in [-0.15, -0.1) is 0 Å². The monoisotopic (exact) mass is 406 g/mol. The normalized spacial score (nSPS) is 33.9. The number of aromatic nitrogens is 2.